The molecule has 45 heavy (non-hydrogen) atoms. The Bertz CT molecular complexity index is 1680. The largest absolute Gasteiger partial charge is 0.429 e. The highest BCUT2D eigenvalue weighted by molar-refractivity contribution is 5.66. The molecule has 0 atom stereocenters. The summed E-state index contributed by atoms with van der Waals surface area (Å²) < 4.78 is 120. The Morgan fingerprint density at radius 1 is 0.689 bits per heavy atom. The zero-order valence-corrected chi connectivity index (χ0v) is 24.3. The maximum absolute atomic E-state index is 15.2. The van der Waals surface area contributed by atoms with Gasteiger partial charge in [-0.15, -0.1) is 0 Å². The fourth-order valence-corrected chi connectivity index (χ4v) is 5.93. The number of allylic oxidation sites excluding steroid dienone is 2. The van der Waals surface area contributed by atoms with E-state index in [2.05, 4.69) is 10.8 Å². The van der Waals surface area contributed by atoms with Crippen LogP contribution in [-0.4, -0.2) is 0 Å². The highest BCUT2D eigenvalue weighted by Crippen LogP contribution is 2.40. The van der Waals surface area contributed by atoms with E-state index in [1.165, 1.54) is 12.1 Å². The van der Waals surface area contributed by atoms with Gasteiger partial charge in [0.1, 0.15) is 23.2 Å². The molecule has 0 bridgehead atoms. The lowest BCUT2D eigenvalue weighted by Crippen LogP contribution is -2.23. The molecule has 0 aliphatic heterocycles. The number of rotatable bonds is 9. The van der Waals surface area contributed by atoms with Crippen LogP contribution in [0.4, 0.5) is 35.1 Å². The van der Waals surface area contributed by atoms with Crippen molar-refractivity contribution in [2.75, 3.05) is 0 Å². The standard InChI is InChI=1S/C36H30F8O/c1-2-3-4-5-21-6-8-22(9-7-21)23-10-13-27(30(37)16-23)24-11-15-29(32(39)17-24)36(43,44)45-26-12-14-28(31(38)20-26)25-18-33(40)35(42)34(41)19-25/h2-3,10-22H,4-9H2,1H3/b3-2+. The van der Waals surface area contributed by atoms with Gasteiger partial charge in [-0.05, 0) is 116 Å². The molecular weight excluding hydrogens is 600 g/mol. The first-order chi connectivity index (χ1) is 21.5. The molecule has 4 aromatic rings. The number of hydrogen-bond donors (Lipinski definition) is 0. The molecule has 1 saturated carbocycles. The second-order valence-corrected chi connectivity index (χ2v) is 11.3. The Hall–Kier alpha value is -4.14. The highest BCUT2D eigenvalue weighted by atomic mass is 19.3. The maximum atomic E-state index is 15.2. The Kier molecular flexibility index (Phi) is 9.65. The van der Waals surface area contributed by atoms with Gasteiger partial charge in [-0.3, -0.25) is 0 Å². The van der Waals surface area contributed by atoms with E-state index >= 15 is 4.39 Å². The highest BCUT2D eigenvalue weighted by Gasteiger charge is 2.38. The molecule has 236 valence electrons. The SMILES string of the molecule is C/C=C/CCC1CCC(c2ccc(-c3ccc(C(F)(F)Oc4ccc(-c5cc(F)c(F)c(F)c5)c(F)c4)c(F)c3)c(F)c2)CC1. The monoisotopic (exact) mass is 630 g/mol. The van der Waals surface area contributed by atoms with Gasteiger partial charge in [-0.1, -0.05) is 30.4 Å². The molecule has 9 heteroatoms. The molecule has 0 aromatic heterocycles. The first kappa shape index (κ1) is 32.3. The fraction of sp³-hybridized carbons (Fsp3) is 0.278. The molecule has 0 unspecified atom stereocenters. The smallest absolute Gasteiger partial charge is 0.429 e. The van der Waals surface area contributed by atoms with E-state index in [0.29, 0.717) is 24.1 Å². The van der Waals surface area contributed by atoms with E-state index in [1.54, 1.807) is 6.07 Å². The van der Waals surface area contributed by atoms with Crippen LogP contribution in [0.15, 0.2) is 78.9 Å². The third-order valence-corrected chi connectivity index (χ3v) is 8.36. The number of hydrogen-bond acceptors (Lipinski definition) is 1. The second kappa shape index (κ2) is 13.5. The van der Waals surface area contributed by atoms with E-state index in [1.807, 2.05) is 13.0 Å². The van der Waals surface area contributed by atoms with Crippen molar-refractivity contribution >= 4 is 0 Å². The van der Waals surface area contributed by atoms with Crippen molar-refractivity contribution in [3.05, 3.63) is 125 Å². The molecular formula is C36H30F8O. The first-order valence-electron chi connectivity index (χ1n) is 14.7. The zero-order chi connectivity index (χ0) is 32.3. The summed E-state index contributed by atoms with van der Waals surface area (Å²) in [5.74, 6) is -7.84. The van der Waals surface area contributed by atoms with Crippen molar-refractivity contribution in [3.8, 4) is 28.0 Å². The lowest BCUT2D eigenvalue weighted by molar-refractivity contribution is -0.187. The topological polar surface area (TPSA) is 9.23 Å². The van der Waals surface area contributed by atoms with Gasteiger partial charge in [-0.25, -0.2) is 26.3 Å². The molecule has 1 aliphatic carbocycles. The number of benzene rings is 4. The van der Waals surface area contributed by atoms with Crippen LogP contribution in [0.2, 0.25) is 0 Å². The van der Waals surface area contributed by atoms with Gasteiger partial charge in [-0.2, -0.15) is 8.78 Å². The quantitative estimate of drug-likeness (QED) is 0.102. The molecule has 1 nitrogen and oxygen atoms in total. The van der Waals surface area contributed by atoms with E-state index in [4.69, 9.17) is 0 Å². The Morgan fingerprint density at radius 3 is 1.93 bits per heavy atom. The van der Waals surface area contributed by atoms with Gasteiger partial charge in [0.05, 0.1) is 5.56 Å². The molecule has 1 aliphatic rings. The van der Waals surface area contributed by atoms with Crippen LogP contribution in [0.25, 0.3) is 22.3 Å². The van der Waals surface area contributed by atoms with E-state index in [9.17, 15) is 30.7 Å². The molecule has 0 spiro atoms. The third-order valence-electron chi connectivity index (χ3n) is 8.36. The molecule has 5 rings (SSSR count). The normalized spacial score (nSPS) is 17.2. The maximum Gasteiger partial charge on any atom is 0.429 e. The summed E-state index contributed by atoms with van der Waals surface area (Å²) >= 11 is 0. The first-order valence-corrected chi connectivity index (χ1v) is 14.7. The fourth-order valence-electron chi connectivity index (χ4n) is 5.93. The summed E-state index contributed by atoms with van der Waals surface area (Å²) in [6.45, 7) is 2.00. The van der Waals surface area contributed by atoms with Gasteiger partial charge < -0.3 is 4.74 Å². The molecule has 0 radical (unpaired) electrons. The van der Waals surface area contributed by atoms with Crippen LogP contribution in [0.3, 0.4) is 0 Å². The number of halogens is 8. The molecule has 0 amide bonds. The molecule has 4 aromatic carbocycles. The van der Waals surface area contributed by atoms with Gasteiger partial charge in [0, 0.05) is 17.2 Å². The number of alkyl halides is 2. The summed E-state index contributed by atoms with van der Waals surface area (Å²) in [6, 6.07) is 10.9. The van der Waals surface area contributed by atoms with E-state index in [-0.39, 0.29) is 22.6 Å². The summed E-state index contributed by atoms with van der Waals surface area (Å²) in [5, 5.41) is 0. The summed E-state index contributed by atoms with van der Waals surface area (Å²) in [6.07, 6.45) is 6.18. The van der Waals surface area contributed by atoms with Crippen LogP contribution < -0.4 is 4.74 Å². The predicted molar refractivity (Wildman–Crippen MR) is 157 cm³/mol. The molecule has 1 fully saturated rings. The summed E-state index contributed by atoms with van der Waals surface area (Å²) in [5.41, 5.74) is -0.973. The Labute approximate surface area is 256 Å². The number of ether oxygens (including phenoxy) is 1. The van der Waals surface area contributed by atoms with Gasteiger partial charge >= 0.3 is 6.11 Å². The van der Waals surface area contributed by atoms with Crippen molar-refractivity contribution in [1.29, 1.82) is 0 Å². The van der Waals surface area contributed by atoms with Crippen LogP contribution in [0, 0.1) is 40.8 Å². The Balaban J connectivity index is 1.28. The lowest BCUT2D eigenvalue weighted by atomic mass is 9.77. The average molecular weight is 631 g/mol. The molecule has 0 heterocycles. The van der Waals surface area contributed by atoms with Crippen molar-refractivity contribution in [3.63, 3.8) is 0 Å². The molecule has 0 saturated heterocycles. The summed E-state index contributed by atoms with van der Waals surface area (Å²) in [4.78, 5) is 0. The van der Waals surface area contributed by atoms with Crippen LogP contribution in [0.1, 0.15) is 62.5 Å². The van der Waals surface area contributed by atoms with Crippen molar-refractivity contribution in [2.45, 2.75) is 57.5 Å². The minimum atomic E-state index is -4.27. The third kappa shape index (κ3) is 7.24. The van der Waals surface area contributed by atoms with Crippen molar-refractivity contribution in [1.82, 2.24) is 0 Å². The molecule has 0 N–H and O–H groups in total. The van der Waals surface area contributed by atoms with Crippen molar-refractivity contribution < 1.29 is 39.9 Å². The Morgan fingerprint density at radius 2 is 1.31 bits per heavy atom. The minimum absolute atomic E-state index is 0.0537. The van der Waals surface area contributed by atoms with Crippen LogP contribution >= 0.6 is 0 Å². The van der Waals surface area contributed by atoms with Gasteiger partial charge in [0.2, 0.25) is 0 Å². The van der Waals surface area contributed by atoms with E-state index in [0.717, 1.165) is 74.4 Å². The minimum Gasteiger partial charge on any atom is -0.429 e. The zero-order valence-electron chi connectivity index (χ0n) is 24.3. The average Bonchev–Trinajstić information content (AvgIpc) is 3.00. The van der Waals surface area contributed by atoms with Crippen LogP contribution in [-0.2, 0) is 6.11 Å². The van der Waals surface area contributed by atoms with Crippen LogP contribution in [0.5, 0.6) is 5.75 Å². The van der Waals surface area contributed by atoms with Gasteiger partial charge in [0.15, 0.2) is 17.5 Å². The summed E-state index contributed by atoms with van der Waals surface area (Å²) in [7, 11) is 0. The van der Waals surface area contributed by atoms with Gasteiger partial charge in [0.25, 0.3) is 0 Å². The van der Waals surface area contributed by atoms with Crippen molar-refractivity contribution in [2.24, 2.45) is 5.92 Å². The predicted octanol–water partition coefficient (Wildman–Crippen LogP) is 11.6. The lowest BCUT2D eigenvalue weighted by Gasteiger charge is -2.29. The van der Waals surface area contributed by atoms with E-state index < -0.39 is 57.9 Å². The second-order valence-electron chi connectivity index (χ2n) is 11.3.